The summed E-state index contributed by atoms with van der Waals surface area (Å²) >= 11 is 1.66. The number of aliphatic hydroxyl groups is 1. The summed E-state index contributed by atoms with van der Waals surface area (Å²) in [4.78, 5) is 48.3. The summed E-state index contributed by atoms with van der Waals surface area (Å²) in [6.45, 7) is 14.3. The lowest BCUT2D eigenvalue weighted by Gasteiger charge is -2.41. The van der Waals surface area contributed by atoms with Crippen LogP contribution in [-0.4, -0.2) is 85.8 Å². The molecule has 0 radical (unpaired) electrons. The molecule has 7 nitrogen and oxygen atoms in total. The van der Waals surface area contributed by atoms with Crippen LogP contribution in [0.15, 0.2) is 55.6 Å². The van der Waals surface area contributed by atoms with E-state index in [9.17, 15) is 19.5 Å². The van der Waals surface area contributed by atoms with E-state index in [-0.39, 0.29) is 30.4 Å². The average molecular weight is 554 g/mol. The van der Waals surface area contributed by atoms with Gasteiger partial charge in [0.25, 0.3) is 0 Å². The SMILES string of the molecule is C=CCN(C)C(=O)[C@@H]1[C@H]2C(=O)N([C@H](CO)c3ccccc3)C(C(=O)N(CC=C)C(C)CCC)C23CC[C@@]1(C)S3. The number of likely N-dealkylation sites (N-methyl/N-ethyl adjacent to an activating group) is 1. The predicted octanol–water partition coefficient (Wildman–Crippen LogP) is 4.05. The molecule has 1 N–H and O–H groups in total. The van der Waals surface area contributed by atoms with Crippen LogP contribution in [0.25, 0.3) is 0 Å². The second-order valence-corrected chi connectivity index (χ2v) is 13.4. The number of aliphatic hydroxyl groups excluding tert-OH is 1. The van der Waals surface area contributed by atoms with Crippen LogP contribution in [0.5, 0.6) is 0 Å². The van der Waals surface area contributed by atoms with Crippen molar-refractivity contribution in [1.29, 1.82) is 0 Å². The number of rotatable bonds is 12. The summed E-state index contributed by atoms with van der Waals surface area (Å²) in [5, 5.41) is 10.7. The smallest absolute Gasteiger partial charge is 0.247 e. The molecule has 8 heteroatoms. The molecule has 39 heavy (non-hydrogen) atoms. The Labute approximate surface area is 237 Å². The Kier molecular flexibility index (Phi) is 8.67. The summed E-state index contributed by atoms with van der Waals surface area (Å²) in [7, 11) is 1.75. The number of hydrogen-bond acceptors (Lipinski definition) is 5. The van der Waals surface area contributed by atoms with Crippen molar-refractivity contribution in [2.75, 3.05) is 26.7 Å². The van der Waals surface area contributed by atoms with Crippen LogP contribution < -0.4 is 0 Å². The van der Waals surface area contributed by atoms with E-state index >= 15 is 0 Å². The number of thioether (sulfide) groups is 1. The summed E-state index contributed by atoms with van der Waals surface area (Å²) < 4.78 is -1.19. The molecule has 1 spiro atoms. The van der Waals surface area contributed by atoms with Crippen LogP contribution in [0.4, 0.5) is 0 Å². The van der Waals surface area contributed by atoms with E-state index in [1.807, 2.05) is 42.2 Å². The standard InChI is InChI=1S/C31H43N3O4S/c1-7-13-21(4)33(19-9-3)29(38)26-31-17-16-30(5,39-31)24(27(36)32(6)18-8-2)25(31)28(37)34(26)23(20-35)22-14-11-10-12-15-22/h8-12,14-15,21,23-26,35H,2-3,7,13,16-20H2,1,4-6H3/t21?,23-,24+,25+,26?,30-,31?/m1/s1. The fourth-order valence-electron chi connectivity index (χ4n) is 7.26. The molecule has 3 aliphatic rings. The topological polar surface area (TPSA) is 81.2 Å². The molecular weight excluding hydrogens is 510 g/mol. The summed E-state index contributed by atoms with van der Waals surface area (Å²) in [6, 6.07) is 7.90. The zero-order chi connectivity index (χ0) is 28.5. The number of amides is 3. The van der Waals surface area contributed by atoms with Crippen molar-refractivity contribution in [3.8, 4) is 0 Å². The molecule has 3 unspecified atom stereocenters. The first-order chi connectivity index (χ1) is 18.6. The lowest BCUT2D eigenvalue weighted by atomic mass is 9.66. The van der Waals surface area contributed by atoms with Crippen LogP contribution in [0.3, 0.4) is 0 Å². The van der Waals surface area contributed by atoms with Crippen molar-refractivity contribution in [2.45, 2.75) is 74.1 Å². The fourth-order valence-corrected chi connectivity index (χ4v) is 9.59. The van der Waals surface area contributed by atoms with Crippen LogP contribution in [0, 0.1) is 11.8 Å². The zero-order valence-corrected chi connectivity index (χ0v) is 24.5. The minimum atomic E-state index is -0.791. The van der Waals surface area contributed by atoms with Gasteiger partial charge in [-0.2, -0.15) is 0 Å². The van der Waals surface area contributed by atoms with Gasteiger partial charge in [-0.3, -0.25) is 14.4 Å². The van der Waals surface area contributed by atoms with E-state index < -0.39 is 33.4 Å². The molecule has 3 aliphatic heterocycles. The molecule has 3 fully saturated rings. The van der Waals surface area contributed by atoms with E-state index in [1.54, 1.807) is 40.8 Å². The highest BCUT2D eigenvalue weighted by molar-refractivity contribution is 8.02. The first-order valence-corrected chi connectivity index (χ1v) is 14.9. The minimum absolute atomic E-state index is 0.0347. The normalized spacial score (nSPS) is 30.5. The monoisotopic (exact) mass is 553 g/mol. The Morgan fingerprint density at radius 1 is 1.18 bits per heavy atom. The van der Waals surface area contributed by atoms with Gasteiger partial charge in [0.2, 0.25) is 17.7 Å². The van der Waals surface area contributed by atoms with Gasteiger partial charge in [0.15, 0.2) is 0 Å². The van der Waals surface area contributed by atoms with Gasteiger partial charge in [0.1, 0.15) is 6.04 Å². The van der Waals surface area contributed by atoms with E-state index in [2.05, 4.69) is 27.0 Å². The molecule has 4 rings (SSSR count). The largest absolute Gasteiger partial charge is 0.394 e. The summed E-state index contributed by atoms with van der Waals surface area (Å²) in [6.07, 6.45) is 6.59. The third-order valence-electron chi connectivity index (χ3n) is 9.03. The number of fused-ring (bicyclic) bond motifs is 1. The van der Waals surface area contributed by atoms with Gasteiger partial charge in [-0.1, -0.05) is 55.8 Å². The quantitative estimate of drug-likeness (QED) is 0.395. The number of carbonyl (C=O) groups is 3. The van der Waals surface area contributed by atoms with Crippen LogP contribution in [-0.2, 0) is 14.4 Å². The summed E-state index contributed by atoms with van der Waals surface area (Å²) in [5.41, 5.74) is 0.775. The maximum atomic E-state index is 14.7. The average Bonchev–Trinajstić information content (AvgIpc) is 3.49. The highest BCUT2D eigenvalue weighted by Crippen LogP contribution is 2.72. The fraction of sp³-hybridized carbons (Fsp3) is 0.581. The van der Waals surface area contributed by atoms with Crippen molar-refractivity contribution in [2.24, 2.45) is 11.8 Å². The van der Waals surface area contributed by atoms with Crippen LogP contribution >= 0.6 is 11.8 Å². The second kappa shape index (κ2) is 11.5. The van der Waals surface area contributed by atoms with Gasteiger partial charge in [-0.05, 0) is 38.7 Å². The van der Waals surface area contributed by atoms with Crippen LogP contribution in [0.1, 0.15) is 58.1 Å². The zero-order valence-electron chi connectivity index (χ0n) is 23.7. The molecule has 0 saturated carbocycles. The lowest BCUT2D eigenvalue weighted by molar-refractivity contribution is -0.148. The predicted molar refractivity (Wildman–Crippen MR) is 156 cm³/mol. The van der Waals surface area contributed by atoms with Gasteiger partial charge < -0.3 is 19.8 Å². The van der Waals surface area contributed by atoms with Crippen molar-refractivity contribution < 1.29 is 19.5 Å². The summed E-state index contributed by atoms with van der Waals surface area (Å²) in [5.74, 6) is -1.60. The number of likely N-dealkylation sites (tertiary alicyclic amines) is 1. The number of benzene rings is 1. The van der Waals surface area contributed by atoms with Crippen LogP contribution in [0.2, 0.25) is 0 Å². The third kappa shape index (κ3) is 4.73. The molecule has 0 aromatic heterocycles. The second-order valence-electron chi connectivity index (χ2n) is 11.5. The van der Waals surface area contributed by atoms with E-state index in [0.717, 1.165) is 24.8 Å². The first-order valence-electron chi connectivity index (χ1n) is 14.1. The van der Waals surface area contributed by atoms with E-state index in [1.165, 1.54) is 0 Å². The maximum Gasteiger partial charge on any atom is 0.247 e. The Morgan fingerprint density at radius 2 is 1.85 bits per heavy atom. The first kappa shape index (κ1) is 29.4. The number of nitrogens with zero attached hydrogens (tertiary/aromatic N) is 3. The van der Waals surface area contributed by atoms with E-state index in [4.69, 9.17) is 0 Å². The Morgan fingerprint density at radius 3 is 2.44 bits per heavy atom. The molecule has 3 amide bonds. The van der Waals surface area contributed by atoms with Crippen molar-refractivity contribution in [3.05, 3.63) is 61.2 Å². The molecule has 1 aromatic carbocycles. The Bertz CT molecular complexity index is 1110. The molecule has 0 aliphatic carbocycles. The molecular formula is C31H43N3O4S. The van der Waals surface area contributed by atoms with Crippen molar-refractivity contribution in [1.82, 2.24) is 14.7 Å². The van der Waals surface area contributed by atoms with Gasteiger partial charge in [-0.25, -0.2) is 0 Å². The van der Waals surface area contributed by atoms with E-state index in [0.29, 0.717) is 19.5 Å². The maximum absolute atomic E-state index is 14.7. The molecule has 1 aromatic rings. The van der Waals surface area contributed by atoms with Crippen molar-refractivity contribution in [3.63, 3.8) is 0 Å². The number of hydrogen-bond donors (Lipinski definition) is 1. The highest BCUT2D eigenvalue weighted by Gasteiger charge is 2.78. The van der Waals surface area contributed by atoms with Gasteiger partial charge in [-0.15, -0.1) is 24.9 Å². The molecule has 2 bridgehead atoms. The Hall–Kier alpha value is -2.58. The molecule has 3 saturated heterocycles. The number of carbonyl (C=O) groups excluding carboxylic acids is 3. The minimum Gasteiger partial charge on any atom is -0.394 e. The Balaban J connectivity index is 1.87. The lowest BCUT2D eigenvalue weighted by Crippen LogP contribution is -2.57. The molecule has 3 heterocycles. The van der Waals surface area contributed by atoms with Gasteiger partial charge >= 0.3 is 0 Å². The van der Waals surface area contributed by atoms with Crippen molar-refractivity contribution >= 4 is 29.5 Å². The van der Waals surface area contributed by atoms with Gasteiger partial charge in [0.05, 0.1) is 29.2 Å². The third-order valence-corrected chi connectivity index (χ3v) is 11.0. The highest BCUT2D eigenvalue weighted by atomic mass is 32.2. The molecule has 212 valence electrons. The molecule has 7 atom stereocenters. The van der Waals surface area contributed by atoms with Gasteiger partial charge in [0, 0.05) is 30.9 Å².